The van der Waals surface area contributed by atoms with Crippen molar-refractivity contribution in [3.05, 3.63) is 0 Å². The van der Waals surface area contributed by atoms with Gasteiger partial charge < -0.3 is 4.74 Å². The number of ether oxygens (including phenoxy) is 1. The van der Waals surface area contributed by atoms with Gasteiger partial charge in [0, 0.05) is 12.8 Å². The zero-order chi connectivity index (χ0) is 10.8. The van der Waals surface area contributed by atoms with Gasteiger partial charge in [-0.25, -0.2) is 0 Å². The van der Waals surface area contributed by atoms with Gasteiger partial charge in [-0.15, -0.1) is 0 Å². The first kappa shape index (κ1) is 10.9. The second-order valence-electron chi connectivity index (χ2n) is 3.72. The van der Waals surface area contributed by atoms with E-state index >= 15 is 0 Å². The summed E-state index contributed by atoms with van der Waals surface area (Å²) in [5, 5.41) is 0. The summed E-state index contributed by atoms with van der Waals surface area (Å²) in [6, 6.07) is 0. The van der Waals surface area contributed by atoms with E-state index < -0.39 is 11.4 Å². The first-order valence-electron chi connectivity index (χ1n) is 4.73. The van der Waals surface area contributed by atoms with Crippen LogP contribution in [0, 0.1) is 5.41 Å². The maximum absolute atomic E-state index is 11.4. The van der Waals surface area contributed by atoms with Crippen LogP contribution in [0.4, 0.5) is 0 Å². The van der Waals surface area contributed by atoms with Crippen LogP contribution in [0.1, 0.15) is 33.1 Å². The van der Waals surface area contributed by atoms with E-state index in [0.717, 1.165) is 0 Å². The van der Waals surface area contributed by atoms with Gasteiger partial charge in [-0.2, -0.15) is 0 Å². The Hall–Kier alpha value is -1.19. The minimum atomic E-state index is -1.08. The van der Waals surface area contributed by atoms with Crippen molar-refractivity contribution >= 4 is 17.5 Å². The Morgan fingerprint density at radius 1 is 1.50 bits per heavy atom. The Morgan fingerprint density at radius 2 is 2.14 bits per heavy atom. The molecule has 1 aliphatic heterocycles. The lowest BCUT2D eigenvalue weighted by atomic mass is 9.82. The van der Waals surface area contributed by atoms with Crippen molar-refractivity contribution in [3.8, 4) is 0 Å². The number of carbonyl (C=O) groups excluding carboxylic acids is 3. The molecule has 0 radical (unpaired) electrons. The van der Waals surface area contributed by atoms with Crippen LogP contribution >= 0.6 is 0 Å². The molecule has 4 nitrogen and oxygen atoms in total. The molecule has 14 heavy (non-hydrogen) atoms. The fraction of sp³-hybridized carbons (Fsp3) is 0.700. The Kier molecular flexibility index (Phi) is 3.03. The van der Waals surface area contributed by atoms with Crippen LogP contribution < -0.4 is 0 Å². The van der Waals surface area contributed by atoms with Crippen molar-refractivity contribution in [3.63, 3.8) is 0 Å². The average Bonchev–Trinajstić information content (AvgIpc) is 2.43. The third-order valence-electron chi connectivity index (χ3n) is 2.70. The number of cyclic esters (lactones) is 1. The number of rotatable bonds is 4. The van der Waals surface area contributed by atoms with Crippen LogP contribution in [0.25, 0.3) is 0 Å². The number of ketones is 2. The minimum absolute atomic E-state index is 0.0683. The molecule has 1 unspecified atom stereocenters. The Bertz CT molecular complexity index is 264. The quantitative estimate of drug-likeness (QED) is 0.497. The molecule has 0 spiro atoms. The summed E-state index contributed by atoms with van der Waals surface area (Å²) in [5.41, 5.74) is -1.08. The van der Waals surface area contributed by atoms with E-state index in [1.54, 1.807) is 13.8 Å². The normalized spacial score (nSPS) is 26.4. The van der Waals surface area contributed by atoms with E-state index in [-0.39, 0.29) is 31.0 Å². The summed E-state index contributed by atoms with van der Waals surface area (Å²) >= 11 is 0. The Labute approximate surface area is 82.6 Å². The predicted octanol–water partition coefficient (Wildman–Crippen LogP) is 0.878. The summed E-state index contributed by atoms with van der Waals surface area (Å²) in [6.07, 6.45) is 0.991. The van der Waals surface area contributed by atoms with Gasteiger partial charge >= 0.3 is 5.97 Å². The zero-order valence-electron chi connectivity index (χ0n) is 8.46. The Balaban J connectivity index is 2.61. The lowest BCUT2D eigenvalue weighted by molar-refractivity contribution is -0.146. The van der Waals surface area contributed by atoms with Gasteiger partial charge in [0.2, 0.25) is 0 Å². The molecule has 1 fully saturated rings. The van der Waals surface area contributed by atoms with E-state index in [1.165, 1.54) is 0 Å². The van der Waals surface area contributed by atoms with E-state index in [9.17, 15) is 14.4 Å². The average molecular weight is 198 g/mol. The van der Waals surface area contributed by atoms with Crippen molar-refractivity contribution in [1.29, 1.82) is 0 Å². The molecule has 0 aromatic rings. The number of esters is 1. The van der Waals surface area contributed by atoms with Crippen molar-refractivity contribution in [1.82, 2.24) is 0 Å². The molecular weight excluding hydrogens is 184 g/mol. The first-order chi connectivity index (χ1) is 6.50. The SMILES string of the molecule is CCC(=O)CCC1(C)C(=O)COC1=O. The third kappa shape index (κ3) is 1.84. The second kappa shape index (κ2) is 3.90. The third-order valence-corrected chi connectivity index (χ3v) is 2.70. The molecule has 0 aromatic heterocycles. The van der Waals surface area contributed by atoms with Gasteiger partial charge in [0.25, 0.3) is 0 Å². The van der Waals surface area contributed by atoms with Crippen LogP contribution in [0.5, 0.6) is 0 Å². The van der Waals surface area contributed by atoms with Crippen LogP contribution in [0.3, 0.4) is 0 Å². The van der Waals surface area contributed by atoms with Crippen molar-refractivity contribution in [2.24, 2.45) is 5.41 Å². The van der Waals surface area contributed by atoms with Gasteiger partial charge in [0.15, 0.2) is 12.4 Å². The van der Waals surface area contributed by atoms with Crippen LogP contribution in [0.2, 0.25) is 0 Å². The second-order valence-corrected chi connectivity index (χ2v) is 3.72. The Morgan fingerprint density at radius 3 is 2.57 bits per heavy atom. The molecule has 4 heteroatoms. The van der Waals surface area contributed by atoms with E-state index in [4.69, 9.17) is 0 Å². The lowest BCUT2D eigenvalue weighted by Crippen LogP contribution is -2.30. The highest BCUT2D eigenvalue weighted by molar-refractivity contribution is 6.08. The van der Waals surface area contributed by atoms with Crippen LogP contribution in [-0.4, -0.2) is 24.1 Å². The fourth-order valence-electron chi connectivity index (χ4n) is 1.37. The number of hydrogen-bond donors (Lipinski definition) is 0. The van der Waals surface area contributed by atoms with Gasteiger partial charge in [-0.1, -0.05) is 6.92 Å². The monoisotopic (exact) mass is 198 g/mol. The maximum Gasteiger partial charge on any atom is 0.319 e. The maximum atomic E-state index is 11.4. The van der Waals surface area contributed by atoms with E-state index in [2.05, 4.69) is 4.74 Å². The molecule has 1 saturated heterocycles. The molecule has 1 atom stereocenters. The van der Waals surface area contributed by atoms with E-state index in [1.807, 2.05) is 0 Å². The van der Waals surface area contributed by atoms with E-state index in [0.29, 0.717) is 6.42 Å². The molecule has 0 amide bonds. The highest BCUT2D eigenvalue weighted by Crippen LogP contribution is 2.31. The van der Waals surface area contributed by atoms with Crippen molar-refractivity contribution < 1.29 is 19.1 Å². The fourth-order valence-corrected chi connectivity index (χ4v) is 1.37. The molecule has 0 N–H and O–H groups in total. The smallest absolute Gasteiger partial charge is 0.319 e. The number of hydrogen-bond acceptors (Lipinski definition) is 4. The summed E-state index contributed by atoms with van der Waals surface area (Å²) in [4.78, 5) is 33.7. The zero-order valence-corrected chi connectivity index (χ0v) is 8.46. The summed E-state index contributed by atoms with van der Waals surface area (Å²) in [6.45, 7) is 3.17. The summed E-state index contributed by atoms with van der Waals surface area (Å²) in [5.74, 6) is -0.642. The van der Waals surface area contributed by atoms with Crippen molar-refractivity contribution in [2.45, 2.75) is 33.1 Å². The molecular formula is C10H14O4. The standard InChI is InChI=1S/C10H14O4/c1-3-7(11)4-5-10(2)8(12)6-14-9(10)13/h3-6H2,1-2H3. The highest BCUT2D eigenvalue weighted by Gasteiger charge is 2.47. The molecule has 78 valence electrons. The van der Waals surface area contributed by atoms with Gasteiger partial charge in [-0.3, -0.25) is 14.4 Å². The van der Waals surface area contributed by atoms with Gasteiger partial charge in [0.1, 0.15) is 11.2 Å². The summed E-state index contributed by atoms with van der Waals surface area (Å²) in [7, 11) is 0. The van der Waals surface area contributed by atoms with Crippen LogP contribution in [0.15, 0.2) is 0 Å². The molecule has 0 saturated carbocycles. The highest BCUT2D eigenvalue weighted by atomic mass is 16.5. The summed E-state index contributed by atoms with van der Waals surface area (Å²) < 4.78 is 4.65. The molecule has 1 heterocycles. The number of carbonyl (C=O) groups is 3. The van der Waals surface area contributed by atoms with Crippen LogP contribution in [-0.2, 0) is 19.1 Å². The number of Topliss-reactive ketones (excluding diaryl/α,β-unsaturated/α-hetero) is 2. The molecule has 1 aliphatic rings. The predicted molar refractivity (Wildman–Crippen MR) is 48.6 cm³/mol. The topological polar surface area (TPSA) is 60.4 Å². The van der Waals surface area contributed by atoms with Gasteiger partial charge in [0.05, 0.1) is 0 Å². The lowest BCUT2D eigenvalue weighted by Gasteiger charge is -2.15. The molecule has 0 aromatic carbocycles. The first-order valence-corrected chi connectivity index (χ1v) is 4.73. The van der Waals surface area contributed by atoms with Gasteiger partial charge in [-0.05, 0) is 13.3 Å². The van der Waals surface area contributed by atoms with Crippen molar-refractivity contribution in [2.75, 3.05) is 6.61 Å². The molecule has 0 aliphatic carbocycles. The largest absolute Gasteiger partial charge is 0.457 e. The molecule has 1 rings (SSSR count). The minimum Gasteiger partial charge on any atom is -0.457 e. The molecule has 0 bridgehead atoms.